The number of carboxylic acid groups (broad SMARTS) is 1. The van der Waals surface area contributed by atoms with Gasteiger partial charge in [0, 0.05) is 23.6 Å². The van der Waals surface area contributed by atoms with Gasteiger partial charge < -0.3 is 5.11 Å². The molecule has 0 bridgehead atoms. The number of nitrogens with one attached hydrogen (secondary N) is 1. The molecule has 0 amide bonds. The van der Waals surface area contributed by atoms with E-state index in [1.54, 1.807) is 0 Å². The number of hydrogen-bond donors (Lipinski definition) is 2. The van der Waals surface area contributed by atoms with Crippen LogP contribution in [0.15, 0.2) is 58.3 Å². The van der Waals surface area contributed by atoms with Crippen molar-refractivity contribution >= 4 is 27.8 Å². The van der Waals surface area contributed by atoms with E-state index in [-0.39, 0.29) is 17.9 Å². The minimum Gasteiger partial charge on any atom is -0.481 e. The molecule has 0 heterocycles. The Kier molecular flexibility index (Phi) is 6.98. The molecule has 5 nitrogen and oxygen atoms in total. The van der Waals surface area contributed by atoms with Gasteiger partial charge in [-0.15, -0.1) is 11.8 Å². The molecule has 0 aliphatic carbocycles. The second-order valence-electron chi connectivity index (χ2n) is 5.24. The summed E-state index contributed by atoms with van der Waals surface area (Å²) in [4.78, 5) is 11.5. The first kappa shape index (κ1) is 19.4. The smallest absolute Gasteiger partial charge is 0.303 e. The quantitative estimate of drug-likeness (QED) is 0.514. The van der Waals surface area contributed by atoms with Crippen LogP contribution >= 0.6 is 11.8 Å². The van der Waals surface area contributed by atoms with Gasteiger partial charge in [-0.3, -0.25) is 4.79 Å². The van der Waals surface area contributed by atoms with Crippen LogP contribution in [-0.2, 0) is 21.2 Å². The molecule has 0 saturated heterocycles. The lowest BCUT2D eigenvalue weighted by atomic mass is 10.1. The van der Waals surface area contributed by atoms with E-state index in [0.717, 1.165) is 22.6 Å². The van der Waals surface area contributed by atoms with Crippen LogP contribution in [0.2, 0.25) is 0 Å². The average molecular weight is 383 g/mol. The second-order valence-corrected chi connectivity index (χ2v) is 8.17. The Hall–Kier alpha value is -1.90. The fourth-order valence-corrected chi connectivity index (χ4v) is 3.98. The normalized spacial score (nSPS) is 11.4. The van der Waals surface area contributed by atoms with Crippen LogP contribution in [0.25, 0.3) is 0 Å². The fraction of sp³-hybridized carbons (Fsp3) is 0.235. The molecule has 0 atom stereocenters. The van der Waals surface area contributed by atoms with Crippen molar-refractivity contribution in [3.05, 3.63) is 59.9 Å². The van der Waals surface area contributed by atoms with Gasteiger partial charge in [-0.2, -0.15) is 0 Å². The SMILES string of the molecule is O=C(O)CCc1ccc(SCCNS(=O)(=O)c2ccc(F)cc2)cc1. The molecule has 0 saturated carbocycles. The number of benzene rings is 2. The third-order valence-corrected chi connectivity index (χ3v) is 5.83. The molecule has 25 heavy (non-hydrogen) atoms. The van der Waals surface area contributed by atoms with Crippen molar-refractivity contribution in [3.8, 4) is 0 Å². The number of carboxylic acids is 1. The van der Waals surface area contributed by atoms with Crippen molar-refractivity contribution in [1.82, 2.24) is 4.72 Å². The molecule has 2 aromatic rings. The summed E-state index contributed by atoms with van der Waals surface area (Å²) in [6.45, 7) is 0.241. The van der Waals surface area contributed by atoms with Crippen LogP contribution in [0.1, 0.15) is 12.0 Å². The van der Waals surface area contributed by atoms with E-state index in [9.17, 15) is 17.6 Å². The van der Waals surface area contributed by atoms with Crippen LogP contribution in [-0.4, -0.2) is 31.8 Å². The Labute approximate surface area is 150 Å². The van der Waals surface area contributed by atoms with Crippen LogP contribution in [0.4, 0.5) is 4.39 Å². The average Bonchev–Trinajstić information content (AvgIpc) is 2.58. The number of thioether (sulfide) groups is 1. The Bertz CT molecular complexity index is 806. The number of rotatable bonds is 9. The molecule has 0 aliphatic rings. The van der Waals surface area contributed by atoms with Crippen molar-refractivity contribution in [2.75, 3.05) is 12.3 Å². The molecule has 0 aromatic heterocycles. The third kappa shape index (κ3) is 6.49. The van der Waals surface area contributed by atoms with Gasteiger partial charge in [0.1, 0.15) is 5.82 Å². The van der Waals surface area contributed by atoms with E-state index in [2.05, 4.69) is 4.72 Å². The summed E-state index contributed by atoms with van der Waals surface area (Å²) in [6.07, 6.45) is 0.579. The van der Waals surface area contributed by atoms with Gasteiger partial charge >= 0.3 is 5.97 Å². The van der Waals surface area contributed by atoms with Gasteiger partial charge in [-0.25, -0.2) is 17.5 Å². The number of halogens is 1. The van der Waals surface area contributed by atoms with Gasteiger partial charge in [-0.1, -0.05) is 12.1 Å². The highest BCUT2D eigenvalue weighted by atomic mass is 32.2. The zero-order chi connectivity index (χ0) is 18.3. The molecule has 2 aromatic carbocycles. The zero-order valence-electron chi connectivity index (χ0n) is 13.3. The van der Waals surface area contributed by atoms with Crippen LogP contribution in [0, 0.1) is 5.82 Å². The molecule has 0 aliphatic heterocycles. The number of sulfonamides is 1. The molecule has 0 unspecified atom stereocenters. The molecule has 8 heteroatoms. The van der Waals surface area contributed by atoms with Crippen molar-refractivity contribution in [2.45, 2.75) is 22.6 Å². The molecule has 0 radical (unpaired) electrons. The maximum absolute atomic E-state index is 12.8. The lowest BCUT2D eigenvalue weighted by molar-refractivity contribution is -0.136. The maximum Gasteiger partial charge on any atom is 0.303 e. The third-order valence-electron chi connectivity index (χ3n) is 3.34. The summed E-state index contributed by atoms with van der Waals surface area (Å²) in [7, 11) is -3.64. The van der Waals surface area contributed by atoms with E-state index < -0.39 is 21.8 Å². The van der Waals surface area contributed by atoms with Crippen LogP contribution in [0.5, 0.6) is 0 Å². The number of aliphatic carboxylic acids is 1. The highest BCUT2D eigenvalue weighted by Crippen LogP contribution is 2.19. The molecule has 2 rings (SSSR count). The van der Waals surface area contributed by atoms with Crippen LogP contribution in [0.3, 0.4) is 0 Å². The monoisotopic (exact) mass is 383 g/mol. The molecular weight excluding hydrogens is 365 g/mol. The van der Waals surface area contributed by atoms with Gasteiger partial charge in [0.2, 0.25) is 10.0 Å². The van der Waals surface area contributed by atoms with Crippen molar-refractivity contribution in [3.63, 3.8) is 0 Å². The van der Waals surface area contributed by atoms with Gasteiger partial charge in [0.25, 0.3) is 0 Å². The van der Waals surface area contributed by atoms with Crippen LogP contribution < -0.4 is 4.72 Å². The van der Waals surface area contributed by atoms with E-state index in [1.165, 1.54) is 23.9 Å². The summed E-state index contributed by atoms with van der Waals surface area (Å²) in [5, 5.41) is 8.66. The Morgan fingerprint density at radius 2 is 1.72 bits per heavy atom. The molecule has 0 spiro atoms. The standard InChI is InChI=1S/C17H18FNO4S2/c18-14-4-8-16(9-5-14)25(22,23)19-11-12-24-15-6-1-13(2-7-15)3-10-17(20)21/h1-2,4-9,19H,3,10-12H2,(H,20,21). The Balaban J connectivity index is 1.78. The van der Waals surface area contributed by atoms with Gasteiger partial charge in [-0.05, 0) is 48.4 Å². The minimum absolute atomic E-state index is 0.0293. The van der Waals surface area contributed by atoms with Crippen molar-refractivity contribution < 1.29 is 22.7 Å². The lowest BCUT2D eigenvalue weighted by Gasteiger charge is -2.07. The van der Waals surface area contributed by atoms with E-state index in [4.69, 9.17) is 5.11 Å². The summed E-state index contributed by atoms with van der Waals surface area (Å²) in [6, 6.07) is 12.2. The first-order chi connectivity index (χ1) is 11.9. The summed E-state index contributed by atoms with van der Waals surface area (Å²) < 4.78 is 39.4. The Morgan fingerprint density at radius 1 is 1.08 bits per heavy atom. The predicted molar refractivity (Wildman–Crippen MR) is 94.7 cm³/mol. The first-order valence-electron chi connectivity index (χ1n) is 7.55. The molecular formula is C17H18FNO4S2. The summed E-state index contributed by atoms with van der Waals surface area (Å²) in [5.74, 6) is -0.775. The lowest BCUT2D eigenvalue weighted by Crippen LogP contribution is -2.26. The van der Waals surface area contributed by atoms with E-state index >= 15 is 0 Å². The number of aryl methyl sites for hydroxylation is 1. The molecule has 2 N–H and O–H groups in total. The Morgan fingerprint density at radius 3 is 2.32 bits per heavy atom. The molecule has 134 valence electrons. The van der Waals surface area contributed by atoms with Crippen molar-refractivity contribution in [2.24, 2.45) is 0 Å². The summed E-state index contributed by atoms with van der Waals surface area (Å²) in [5.41, 5.74) is 0.948. The maximum atomic E-state index is 12.8. The van der Waals surface area contributed by atoms with Crippen molar-refractivity contribution in [1.29, 1.82) is 0 Å². The minimum atomic E-state index is -3.64. The second kappa shape index (κ2) is 8.98. The fourth-order valence-electron chi connectivity index (χ4n) is 2.05. The highest BCUT2D eigenvalue weighted by molar-refractivity contribution is 7.99. The van der Waals surface area contributed by atoms with E-state index in [0.29, 0.717) is 12.2 Å². The topological polar surface area (TPSA) is 83.5 Å². The van der Waals surface area contributed by atoms with Gasteiger partial charge in [0.05, 0.1) is 4.90 Å². The zero-order valence-corrected chi connectivity index (χ0v) is 14.9. The van der Waals surface area contributed by atoms with E-state index in [1.807, 2.05) is 24.3 Å². The highest BCUT2D eigenvalue weighted by Gasteiger charge is 2.13. The first-order valence-corrected chi connectivity index (χ1v) is 10.0. The predicted octanol–water partition coefficient (Wildman–Crippen LogP) is 2.91. The number of hydrogen-bond acceptors (Lipinski definition) is 4. The van der Waals surface area contributed by atoms with Gasteiger partial charge in [0.15, 0.2) is 0 Å². The number of carbonyl (C=O) groups is 1. The molecule has 0 fully saturated rings. The largest absolute Gasteiger partial charge is 0.481 e. The summed E-state index contributed by atoms with van der Waals surface area (Å²) >= 11 is 1.49.